The summed E-state index contributed by atoms with van der Waals surface area (Å²) in [6, 6.07) is 11.9. The van der Waals surface area contributed by atoms with Crippen LogP contribution < -0.4 is 20.1 Å². The summed E-state index contributed by atoms with van der Waals surface area (Å²) >= 11 is 3.38. The number of rotatable bonds is 12. The Morgan fingerprint density at radius 3 is 1.79 bits per heavy atom. The van der Waals surface area contributed by atoms with E-state index in [1.807, 2.05) is 106 Å². The molecule has 10 nitrogen and oxygen atoms in total. The first kappa shape index (κ1) is 43.7. The SMILES string of the molecule is C=CCNC(=O)OC(C)(C)C.Cc1ccc(Br)c(O[C@H](C)CO)c1.Cc1ccc(CCCNC(=O)OC(C)(C)C)c(O[C@H](C)CO)c1. The summed E-state index contributed by atoms with van der Waals surface area (Å²) in [4.78, 5) is 22.4. The number of nitrogens with one attached hydrogen (secondary N) is 2. The van der Waals surface area contributed by atoms with Gasteiger partial charge in [-0.15, -0.1) is 6.58 Å². The number of aliphatic hydroxyl groups excluding tert-OH is 2. The van der Waals surface area contributed by atoms with E-state index in [9.17, 15) is 9.59 Å². The lowest BCUT2D eigenvalue weighted by atomic mass is 10.1. The molecule has 2 aromatic rings. The van der Waals surface area contributed by atoms with Crippen molar-refractivity contribution in [2.75, 3.05) is 26.3 Å². The van der Waals surface area contributed by atoms with E-state index in [2.05, 4.69) is 33.1 Å². The molecule has 11 heteroatoms. The molecule has 2 atom stereocenters. The number of hydrogen-bond acceptors (Lipinski definition) is 8. The fraction of sp³-hybridized carbons (Fsp3) is 0.556. The predicted octanol–water partition coefficient (Wildman–Crippen LogP) is 7.43. The van der Waals surface area contributed by atoms with Crippen LogP contribution in [0.4, 0.5) is 9.59 Å². The van der Waals surface area contributed by atoms with Crippen molar-refractivity contribution in [3.05, 3.63) is 70.2 Å². The highest BCUT2D eigenvalue weighted by Gasteiger charge is 2.16. The van der Waals surface area contributed by atoms with Gasteiger partial charge in [-0.3, -0.25) is 0 Å². The zero-order valence-corrected chi connectivity index (χ0v) is 31.5. The molecule has 0 aromatic heterocycles. The maximum atomic E-state index is 11.6. The van der Waals surface area contributed by atoms with Crippen molar-refractivity contribution < 1.29 is 38.7 Å². The van der Waals surface area contributed by atoms with Crippen LogP contribution >= 0.6 is 15.9 Å². The van der Waals surface area contributed by atoms with E-state index in [-0.39, 0.29) is 25.4 Å². The van der Waals surface area contributed by atoms with Crippen molar-refractivity contribution in [2.24, 2.45) is 0 Å². The van der Waals surface area contributed by atoms with E-state index >= 15 is 0 Å². The molecule has 2 rings (SSSR count). The van der Waals surface area contributed by atoms with E-state index in [1.54, 1.807) is 6.08 Å². The highest BCUT2D eigenvalue weighted by molar-refractivity contribution is 9.10. The van der Waals surface area contributed by atoms with Gasteiger partial charge in [0.2, 0.25) is 0 Å². The Hall–Kier alpha value is -3.28. The van der Waals surface area contributed by atoms with Gasteiger partial charge in [-0.2, -0.15) is 0 Å². The van der Waals surface area contributed by atoms with Crippen molar-refractivity contribution in [3.8, 4) is 11.5 Å². The largest absolute Gasteiger partial charge is 0.488 e. The van der Waals surface area contributed by atoms with Crippen LogP contribution in [0, 0.1) is 13.8 Å². The van der Waals surface area contributed by atoms with Crippen LogP contribution in [0.25, 0.3) is 0 Å². The van der Waals surface area contributed by atoms with Crippen LogP contribution in [-0.2, 0) is 15.9 Å². The maximum Gasteiger partial charge on any atom is 0.407 e. The van der Waals surface area contributed by atoms with Gasteiger partial charge >= 0.3 is 12.2 Å². The predicted molar refractivity (Wildman–Crippen MR) is 191 cm³/mol. The normalized spacial score (nSPS) is 12.1. The van der Waals surface area contributed by atoms with Crippen LogP contribution in [-0.4, -0.2) is 72.1 Å². The Kier molecular flexibility index (Phi) is 20.8. The molecular formula is C36H57BrN2O8. The van der Waals surface area contributed by atoms with Gasteiger partial charge in [0.05, 0.1) is 17.7 Å². The van der Waals surface area contributed by atoms with Gasteiger partial charge in [-0.25, -0.2) is 9.59 Å². The Balaban J connectivity index is 0.000000744. The quantitative estimate of drug-likeness (QED) is 0.131. The van der Waals surface area contributed by atoms with Crippen molar-refractivity contribution in [1.29, 1.82) is 0 Å². The van der Waals surface area contributed by atoms with E-state index in [0.717, 1.165) is 45.5 Å². The molecule has 2 amide bonds. The molecule has 0 fully saturated rings. The number of aryl methyl sites for hydroxylation is 3. The van der Waals surface area contributed by atoms with Crippen molar-refractivity contribution in [3.63, 3.8) is 0 Å². The zero-order valence-electron chi connectivity index (χ0n) is 29.9. The van der Waals surface area contributed by atoms with E-state index in [4.69, 9.17) is 29.2 Å². The molecule has 47 heavy (non-hydrogen) atoms. The minimum absolute atomic E-state index is 0.0203. The van der Waals surface area contributed by atoms with Gasteiger partial charge in [0.25, 0.3) is 0 Å². The van der Waals surface area contributed by atoms with Gasteiger partial charge in [-0.05, 0) is 133 Å². The number of carbonyl (C=O) groups is 2. The fourth-order valence-corrected chi connectivity index (χ4v) is 3.78. The number of hydrogen-bond donors (Lipinski definition) is 4. The maximum absolute atomic E-state index is 11.6. The smallest absolute Gasteiger partial charge is 0.407 e. The molecule has 0 heterocycles. The average molecular weight is 726 g/mol. The third kappa shape index (κ3) is 22.8. The second-order valence-electron chi connectivity index (χ2n) is 13.0. The first-order chi connectivity index (χ1) is 21.8. The van der Waals surface area contributed by atoms with Gasteiger partial charge in [0.15, 0.2) is 0 Å². The van der Waals surface area contributed by atoms with E-state index < -0.39 is 23.4 Å². The Morgan fingerprint density at radius 1 is 0.830 bits per heavy atom. The second kappa shape index (κ2) is 22.3. The van der Waals surface area contributed by atoms with Crippen molar-refractivity contribution in [2.45, 2.75) is 105 Å². The number of carbonyl (C=O) groups excluding carboxylic acids is 2. The van der Waals surface area contributed by atoms with Gasteiger partial charge in [0, 0.05) is 13.1 Å². The van der Waals surface area contributed by atoms with E-state index in [1.165, 1.54) is 0 Å². The summed E-state index contributed by atoms with van der Waals surface area (Å²) in [5.74, 6) is 1.57. The molecule has 0 aliphatic heterocycles. The molecular weight excluding hydrogens is 668 g/mol. The molecule has 4 N–H and O–H groups in total. The number of amides is 2. The lowest BCUT2D eigenvalue weighted by Crippen LogP contribution is -2.33. The lowest BCUT2D eigenvalue weighted by molar-refractivity contribution is 0.0518. The van der Waals surface area contributed by atoms with Crippen LogP contribution in [0.5, 0.6) is 11.5 Å². The van der Waals surface area contributed by atoms with Gasteiger partial charge < -0.3 is 39.8 Å². The monoisotopic (exact) mass is 724 g/mol. The topological polar surface area (TPSA) is 136 Å². The highest BCUT2D eigenvalue weighted by Crippen LogP contribution is 2.26. The summed E-state index contributed by atoms with van der Waals surface area (Å²) in [7, 11) is 0. The third-order valence-corrected chi connectivity index (χ3v) is 6.22. The molecule has 0 aliphatic rings. The third-order valence-electron chi connectivity index (χ3n) is 5.56. The van der Waals surface area contributed by atoms with Crippen molar-refractivity contribution in [1.82, 2.24) is 10.6 Å². The molecule has 0 radical (unpaired) electrons. The Labute approximate surface area is 290 Å². The van der Waals surface area contributed by atoms with E-state index in [0.29, 0.717) is 13.1 Å². The summed E-state index contributed by atoms with van der Waals surface area (Å²) < 4.78 is 22.3. The molecule has 0 saturated carbocycles. The average Bonchev–Trinajstić information content (AvgIpc) is 2.95. The van der Waals surface area contributed by atoms with Crippen LogP contribution in [0.2, 0.25) is 0 Å². The first-order valence-corrected chi connectivity index (χ1v) is 16.5. The standard InChI is InChI=1S/C18H29NO4.C10H13BrO2.C8H15NO2/c1-13-8-9-15(16(11-13)22-14(2)12-20)7-6-10-19-17(21)23-18(3,4)5;1-7-3-4-9(11)10(5-7)13-8(2)6-12;1-5-6-9-7(10)11-8(2,3)4/h8-9,11,14,20H,6-7,10,12H2,1-5H3,(H,19,21);3-5,8,12H,6H2,1-2H3;5H,1,6H2,2-4H3,(H,9,10)/t14-;8-;/m11./s1. The number of alkyl carbamates (subject to hydrolysis) is 2. The molecule has 0 unspecified atom stereocenters. The first-order valence-electron chi connectivity index (χ1n) is 15.8. The minimum atomic E-state index is -0.484. The second-order valence-corrected chi connectivity index (χ2v) is 13.8. The molecule has 266 valence electrons. The molecule has 0 aliphatic carbocycles. The van der Waals surface area contributed by atoms with Gasteiger partial charge in [0.1, 0.15) is 34.9 Å². The Bertz CT molecular complexity index is 1220. The minimum Gasteiger partial charge on any atom is -0.488 e. The summed E-state index contributed by atoms with van der Waals surface area (Å²) in [6.07, 6.45) is 1.96. The zero-order chi connectivity index (χ0) is 36.2. The number of aliphatic hydroxyl groups is 2. The molecule has 0 bridgehead atoms. The van der Waals surface area contributed by atoms with Crippen molar-refractivity contribution >= 4 is 28.1 Å². The molecule has 0 spiro atoms. The number of halogens is 1. The number of benzene rings is 2. The Morgan fingerprint density at radius 2 is 1.30 bits per heavy atom. The van der Waals surface area contributed by atoms with Gasteiger partial charge in [-0.1, -0.05) is 24.3 Å². The number of ether oxygens (including phenoxy) is 4. The lowest BCUT2D eigenvalue weighted by Gasteiger charge is -2.20. The van der Waals surface area contributed by atoms with Crippen LogP contribution in [0.15, 0.2) is 53.5 Å². The molecule has 2 aromatic carbocycles. The summed E-state index contributed by atoms with van der Waals surface area (Å²) in [5.41, 5.74) is 2.42. The summed E-state index contributed by atoms with van der Waals surface area (Å²) in [5, 5.41) is 23.2. The highest BCUT2D eigenvalue weighted by atomic mass is 79.9. The molecule has 0 saturated heterocycles. The van der Waals surface area contributed by atoms with Crippen LogP contribution in [0.1, 0.15) is 78.5 Å². The summed E-state index contributed by atoms with van der Waals surface area (Å²) in [6.45, 7) is 23.1. The van der Waals surface area contributed by atoms with Crippen LogP contribution in [0.3, 0.4) is 0 Å². The fourth-order valence-electron chi connectivity index (χ4n) is 3.44.